The number of hydrogen-bond acceptors (Lipinski definition) is 6. The summed E-state index contributed by atoms with van der Waals surface area (Å²) in [6.07, 6.45) is 0.641. The van der Waals surface area contributed by atoms with Crippen LogP contribution in [0.3, 0.4) is 0 Å². The van der Waals surface area contributed by atoms with E-state index in [1.165, 1.54) is 11.6 Å². The molecule has 0 bridgehead atoms. The van der Waals surface area contributed by atoms with Gasteiger partial charge in [-0.05, 0) is 21.9 Å². The van der Waals surface area contributed by atoms with Crippen molar-refractivity contribution in [2.24, 2.45) is 14.1 Å². The monoisotopic (exact) mass is 442 g/mol. The van der Waals surface area contributed by atoms with Crippen molar-refractivity contribution in [2.45, 2.75) is 19.9 Å². The lowest BCUT2D eigenvalue weighted by Crippen LogP contribution is -2.37. The van der Waals surface area contributed by atoms with E-state index in [9.17, 15) is 9.59 Å². The summed E-state index contributed by atoms with van der Waals surface area (Å²) in [7, 11) is 3.12. The Bertz CT molecular complexity index is 1570. The molecule has 0 amide bonds. The van der Waals surface area contributed by atoms with E-state index in [0.29, 0.717) is 30.0 Å². The van der Waals surface area contributed by atoms with Crippen LogP contribution in [0.1, 0.15) is 18.3 Å². The summed E-state index contributed by atoms with van der Waals surface area (Å²) < 4.78 is 4.45. The van der Waals surface area contributed by atoms with Crippen LogP contribution >= 0.6 is 0 Å². The minimum Gasteiger partial charge on any atom is -0.318 e. The predicted octanol–water partition coefficient (Wildman–Crippen LogP) is 1.89. The first-order chi connectivity index (χ1) is 16.0. The minimum atomic E-state index is -0.385. The number of aryl methyl sites for hydroxylation is 2. The van der Waals surface area contributed by atoms with Gasteiger partial charge < -0.3 is 4.57 Å². The first-order valence-corrected chi connectivity index (χ1v) is 10.6. The number of nitrogens with zero attached hydrogens (tertiary/aromatic N) is 7. The van der Waals surface area contributed by atoms with Gasteiger partial charge in [-0.2, -0.15) is 5.21 Å². The normalized spacial score (nSPS) is 11.4. The van der Waals surface area contributed by atoms with Crippen LogP contribution in [0.15, 0.2) is 58.1 Å². The molecule has 33 heavy (non-hydrogen) atoms. The SMILES string of the molecule is CCc1nc2c(c(=O)n(C)c(=O)n2C)n1Cc1ccc(-c2ccccc2-c2nn[nH]n2)cc1. The average Bonchev–Trinajstić information content (AvgIpc) is 3.50. The number of H-pyrrole nitrogens is 1. The summed E-state index contributed by atoms with van der Waals surface area (Å²) in [6.45, 7) is 2.46. The third-order valence-corrected chi connectivity index (χ3v) is 5.86. The molecule has 3 aromatic heterocycles. The molecule has 0 spiro atoms. The summed E-state index contributed by atoms with van der Waals surface area (Å²) in [6, 6.07) is 16.0. The molecular formula is C23H22N8O2. The fourth-order valence-corrected chi connectivity index (χ4v) is 4.11. The van der Waals surface area contributed by atoms with Crippen LogP contribution in [0, 0.1) is 0 Å². The summed E-state index contributed by atoms with van der Waals surface area (Å²) in [5.41, 5.74) is 4.03. The zero-order chi connectivity index (χ0) is 23.1. The Morgan fingerprint density at radius 3 is 2.33 bits per heavy atom. The molecule has 0 fully saturated rings. The predicted molar refractivity (Wildman–Crippen MR) is 124 cm³/mol. The molecule has 5 rings (SSSR count). The molecule has 0 saturated heterocycles. The maximum atomic E-state index is 12.9. The first-order valence-electron chi connectivity index (χ1n) is 10.6. The lowest BCUT2D eigenvalue weighted by Gasteiger charge is -2.11. The standard InChI is InChI=1S/C23H22N8O2/c1-4-18-24-21-19(22(32)30(3)23(33)29(21)2)31(18)13-14-9-11-15(12-10-14)16-7-5-6-8-17(16)20-25-27-28-26-20/h5-12H,4,13H2,1-3H3,(H,25,26,27,28). The third-order valence-electron chi connectivity index (χ3n) is 5.86. The van der Waals surface area contributed by atoms with E-state index < -0.39 is 0 Å². The molecule has 0 aliphatic heterocycles. The Hall–Kier alpha value is -4.34. The molecule has 0 aliphatic rings. The van der Waals surface area contributed by atoms with Crippen molar-refractivity contribution < 1.29 is 0 Å². The van der Waals surface area contributed by atoms with Gasteiger partial charge in [-0.1, -0.05) is 55.5 Å². The maximum absolute atomic E-state index is 12.9. The van der Waals surface area contributed by atoms with Gasteiger partial charge in [0.1, 0.15) is 5.82 Å². The lowest BCUT2D eigenvalue weighted by molar-refractivity contribution is 0.700. The number of rotatable bonds is 5. The van der Waals surface area contributed by atoms with Crippen molar-refractivity contribution in [3.63, 3.8) is 0 Å². The summed E-state index contributed by atoms with van der Waals surface area (Å²) in [5, 5.41) is 14.4. The first kappa shape index (κ1) is 20.6. The second kappa shape index (κ2) is 7.97. The zero-order valence-corrected chi connectivity index (χ0v) is 18.5. The van der Waals surface area contributed by atoms with Gasteiger partial charge in [0.05, 0.1) is 0 Å². The van der Waals surface area contributed by atoms with Crippen molar-refractivity contribution in [2.75, 3.05) is 0 Å². The fourth-order valence-electron chi connectivity index (χ4n) is 4.11. The van der Waals surface area contributed by atoms with Crippen LogP contribution in [0.4, 0.5) is 0 Å². The Morgan fingerprint density at radius 2 is 1.67 bits per heavy atom. The highest BCUT2D eigenvalue weighted by atomic mass is 16.2. The molecule has 0 atom stereocenters. The van der Waals surface area contributed by atoms with Gasteiger partial charge in [-0.15, -0.1) is 10.2 Å². The highest BCUT2D eigenvalue weighted by molar-refractivity contribution is 5.80. The van der Waals surface area contributed by atoms with Crippen LogP contribution in [0.2, 0.25) is 0 Å². The number of hydrogen-bond donors (Lipinski definition) is 1. The van der Waals surface area contributed by atoms with Gasteiger partial charge in [0.15, 0.2) is 11.2 Å². The van der Waals surface area contributed by atoms with Crippen molar-refractivity contribution in [3.8, 4) is 22.5 Å². The molecule has 1 N–H and O–H groups in total. The number of imidazole rings is 1. The molecule has 5 aromatic rings. The number of tetrazole rings is 1. The van der Waals surface area contributed by atoms with Gasteiger partial charge in [-0.25, -0.2) is 9.78 Å². The van der Waals surface area contributed by atoms with E-state index in [0.717, 1.165) is 32.6 Å². The number of fused-ring (bicyclic) bond motifs is 1. The number of nitrogens with one attached hydrogen (secondary N) is 1. The van der Waals surface area contributed by atoms with E-state index in [2.05, 4.69) is 25.6 Å². The number of benzene rings is 2. The molecule has 2 aromatic carbocycles. The number of aromatic amines is 1. The highest BCUT2D eigenvalue weighted by Gasteiger charge is 2.18. The van der Waals surface area contributed by atoms with Crippen LogP contribution in [0.5, 0.6) is 0 Å². The van der Waals surface area contributed by atoms with Crippen molar-refractivity contribution in [3.05, 3.63) is 80.8 Å². The van der Waals surface area contributed by atoms with Crippen LogP contribution in [-0.2, 0) is 27.1 Å². The molecule has 0 radical (unpaired) electrons. The van der Waals surface area contributed by atoms with Crippen LogP contribution in [-0.4, -0.2) is 39.3 Å². The van der Waals surface area contributed by atoms with E-state index in [4.69, 9.17) is 0 Å². The second-order valence-corrected chi connectivity index (χ2v) is 7.82. The van der Waals surface area contributed by atoms with Gasteiger partial charge in [0.25, 0.3) is 5.56 Å². The lowest BCUT2D eigenvalue weighted by atomic mass is 9.98. The van der Waals surface area contributed by atoms with E-state index in [1.807, 2.05) is 60.0 Å². The molecule has 166 valence electrons. The van der Waals surface area contributed by atoms with Crippen molar-refractivity contribution in [1.82, 2.24) is 39.3 Å². The summed E-state index contributed by atoms with van der Waals surface area (Å²) in [5.74, 6) is 1.29. The van der Waals surface area contributed by atoms with Gasteiger partial charge in [0, 0.05) is 32.6 Å². The quantitative estimate of drug-likeness (QED) is 0.444. The topological polar surface area (TPSA) is 116 Å². The Morgan fingerprint density at radius 1 is 0.939 bits per heavy atom. The molecule has 0 aliphatic carbocycles. The third kappa shape index (κ3) is 3.36. The maximum Gasteiger partial charge on any atom is 0.332 e. The van der Waals surface area contributed by atoms with Crippen molar-refractivity contribution in [1.29, 1.82) is 0 Å². The van der Waals surface area contributed by atoms with Gasteiger partial charge in [-0.3, -0.25) is 13.9 Å². The van der Waals surface area contributed by atoms with E-state index in [1.54, 1.807) is 7.05 Å². The fraction of sp³-hybridized carbons (Fsp3) is 0.217. The van der Waals surface area contributed by atoms with Gasteiger partial charge >= 0.3 is 5.69 Å². The molecule has 0 saturated carbocycles. The minimum absolute atomic E-state index is 0.342. The molecular weight excluding hydrogens is 420 g/mol. The summed E-state index contributed by atoms with van der Waals surface area (Å²) in [4.78, 5) is 29.8. The second-order valence-electron chi connectivity index (χ2n) is 7.82. The van der Waals surface area contributed by atoms with Crippen molar-refractivity contribution >= 4 is 11.2 Å². The molecule has 10 heteroatoms. The summed E-state index contributed by atoms with van der Waals surface area (Å²) >= 11 is 0. The molecule has 0 unspecified atom stereocenters. The van der Waals surface area contributed by atoms with Gasteiger partial charge in [0.2, 0.25) is 5.82 Å². The zero-order valence-electron chi connectivity index (χ0n) is 18.5. The Labute approximate surface area is 188 Å². The molecule has 10 nitrogen and oxygen atoms in total. The van der Waals surface area contributed by atoms with E-state index in [-0.39, 0.29) is 11.2 Å². The average molecular weight is 442 g/mol. The van der Waals surface area contributed by atoms with Crippen LogP contribution in [0.25, 0.3) is 33.7 Å². The highest BCUT2D eigenvalue weighted by Crippen LogP contribution is 2.30. The smallest absolute Gasteiger partial charge is 0.318 e. The molecule has 3 heterocycles. The Kier molecular flexibility index (Phi) is 4.97. The van der Waals surface area contributed by atoms with Crippen LogP contribution < -0.4 is 11.2 Å². The van der Waals surface area contributed by atoms with E-state index >= 15 is 0 Å². The number of aromatic nitrogens is 8. The Balaban J connectivity index is 1.56. The largest absolute Gasteiger partial charge is 0.332 e.